The van der Waals surface area contributed by atoms with Gasteiger partial charge in [0.15, 0.2) is 0 Å². The number of hydrogen-bond acceptors (Lipinski definition) is 1. The average Bonchev–Trinajstić information content (AvgIpc) is 2.10. The van der Waals surface area contributed by atoms with Gasteiger partial charge in [0, 0.05) is 11.0 Å². The first-order valence-electron chi connectivity index (χ1n) is 4.43. The number of benzene rings is 1. The van der Waals surface area contributed by atoms with Crippen molar-refractivity contribution < 1.29 is 4.39 Å². The van der Waals surface area contributed by atoms with E-state index in [1.807, 2.05) is 6.07 Å². The number of anilines is 1. The monoisotopic (exact) mass is 245 g/mol. The second-order valence-corrected chi connectivity index (χ2v) is 3.73. The highest BCUT2D eigenvalue weighted by Crippen LogP contribution is 2.24. The third-order valence-corrected chi connectivity index (χ3v) is 2.46. The lowest BCUT2D eigenvalue weighted by molar-refractivity contribution is 0.628. The van der Waals surface area contributed by atoms with E-state index in [0.717, 1.165) is 23.9 Å². The van der Waals surface area contributed by atoms with Gasteiger partial charge in [-0.25, -0.2) is 4.39 Å². The molecule has 0 aliphatic heterocycles. The third kappa shape index (κ3) is 2.99. The van der Waals surface area contributed by atoms with Crippen molar-refractivity contribution in [2.24, 2.45) is 0 Å². The molecule has 0 heterocycles. The molecule has 3 heteroatoms. The Labute approximate surface area is 86.5 Å². The minimum atomic E-state index is -0.203. The van der Waals surface area contributed by atoms with Crippen molar-refractivity contribution in [3.63, 3.8) is 0 Å². The summed E-state index contributed by atoms with van der Waals surface area (Å²) in [5.74, 6) is -0.203. The van der Waals surface area contributed by atoms with E-state index < -0.39 is 0 Å². The molecule has 1 aromatic carbocycles. The molecule has 0 aromatic heterocycles. The van der Waals surface area contributed by atoms with Gasteiger partial charge in [0.05, 0.1) is 5.69 Å². The highest BCUT2D eigenvalue weighted by Gasteiger charge is 2.03. The van der Waals surface area contributed by atoms with Crippen LogP contribution in [0.2, 0.25) is 0 Å². The van der Waals surface area contributed by atoms with E-state index >= 15 is 0 Å². The normalized spacial score (nSPS) is 10.1. The van der Waals surface area contributed by atoms with E-state index in [1.165, 1.54) is 6.07 Å². The van der Waals surface area contributed by atoms with Crippen molar-refractivity contribution in [3.8, 4) is 0 Å². The number of hydrogen-bond donors (Lipinski definition) is 1. The first-order chi connectivity index (χ1) is 6.25. The summed E-state index contributed by atoms with van der Waals surface area (Å²) in [6, 6.07) is 4.97. The first-order valence-corrected chi connectivity index (χ1v) is 5.23. The molecule has 0 aliphatic carbocycles. The van der Waals surface area contributed by atoms with Crippen molar-refractivity contribution in [2.75, 3.05) is 11.9 Å². The summed E-state index contributed by atoms with van der Waals surface area (Å²) in [4.78, 5) is 0. The molecule has 72 valence electrons. The summed E-state index contributed by atoms with van der Waals surface area (Å²) >= 11 is 3.30. The number of nitrogens with one attached hydrogen (secondary N) is 1. The fourth-order valence-electron chi connectivity index (χ4n) is 1.06. The number of rotatable bonds is 4. The molecule has 0 radical (unpaired) electrons. The predicted molar refractivity (Wildman–Crippen MR) is 57.5 cm³/mol. The van der Waals surface area contributed by atoms with Gasteiger partial charge in [-0.3, -0.25) is 0 Å². The SMILES string of the molecule is CCCCNc1c(F)cccc1Br. The van der Waals surface area contributed by atoms with Crippen LogP contribution in [0.25, 0.3) is 0 Å². The maximum atomic E-state index is 13.2. The summed E-state index contributed by atoms with van der Waals surface area (Å²) < 4.78 is 14.0. The van der Waals surface area contributed by atoms with Crippen molar-refractivity contribution in [3.05, 3.63) is 28.5 Å². The summed E-state index contributed by atoms with van der Waals surface area (Å²) in [5, 5.41) is 3.06. The zero-order valence-corrected chi connectivity index (χ0v) is 9.20. The summed E-state index contributed by atoms with van der Waals surface area (Å²) in [5.41, 5.74) is 0.566. The molecule has 1 nitrogen and oxygen atoms in total. The third-order valence-electron chi connectivity index (χ3n) is 1.79. The summed E-state index contributed by atoms with van der Waals surface area (Å²) in [7, 11) is 0. The molecule has 1 N–H and O–H groups in total. The second kappa shape index (κ2) is 5.22. The lowest BCUT2D eigenvalue weighted by atomic mass is 10.3. The van der Waals surface area contributed by atoms with E-state index in [4.69, 9.17) is 0 Å². The van der Waals surface area contributed by atoms with E-state index in [-0.39, 0.29) is 5.82 Å². The van der Waals surface area contributed by atoms with Gasteiger partial charge in [-0.1, -0.05) is 19.4 Å². The first kappa shape index (κ1) is 10.5. The molecular formula is C10H13BrFN. The lowest BCUT2D eigenvalue weighted by Crippen LogP contribution is -2.03. The van der Waals surface area contributed by atoms with Gasteiger partial charge in [0.25, 0.3) is 0 Å². The molecule has 0 fully saturated rings. The molecule has 0 saturated heterocycles. The zero-order chi connectivity index (χ0) is 9.68. The predicted octanol–water partition coefficient (Wildman–Crippen LogP) is 3.80. The molecule has 0 atom stereocenters. The highest BCUT2D eigenvalue weighted by molar-refractivity contribution is 9.10. The molecule has 13 heavy (non-hydrogen) atoms. The molecule has 0 amide bonds. The number of para-hydroxylation sites is 1. The standard InChI is InChI=1S/C10H13BrFN/c1-2-3-7-13-10-8(11)5-4-6-9(10)12/h4-6,13H,2-3,7H2,1H3. The minimum Gasteiger partial charge on any atom is -0.382 e. The second-order valence-electron chi connectivity index (χ2n) is 2.88. The van der Waals surface area contributed by atoms with Gasteiger partial charge in [-0.2, -0.15) is 0 Å². The van der Waals surface area contributed by atoms with Crippen molar-refractivity contribution in [2.45, 2.75) is 19.8 Å². The molecule has 0 bridgehead atoms. The molecule has 0 saturated carbocycles. The number of unbranched alkanes of at least 4 members (excludes halogenated alkanes) is 1. The van der Waals surface area contributed by atoms with Gasteiger partial charge in [-0.15, -0.1) is 0 Å². The Kier molecular flexibility index (Phi) is 4.22. The van der Waals surface area contributed by atoms with Crippen LogP contribution in [0.4, 0.5) is 10.1 Å². The van der Waals surface area contributed by atoms with E-state index in [2.05, 4.69) is 28.2 Å². The van der Waals surface area contributed by atoms with Crippen molar-refractivity contribution in [1.82, 2.24) is 0 Å². The molecule has 1 aromatic rings. The zero-order valence-electron chi connectivity index (χ0n) is 7.61. The Hall–Kier alpha value is -0.570. The maximum Gasteiger partial charge on any atom is 0.147 e. The van der Waals surface area contributed by atoms with Crippen molar-refractivity contribution in [1.29, 1.82) is 0 Å². The topological polar surface area (TPSA) is 12.0 Å². The average molecular weight is 246 g/mol. The Balaban J connectivity index is 2.64. The Bertz CT molecular complexity index is 255. The van der Waals surface area contributed by atoms with E-state index in [0.29, 0.717) is 5.69 Å². The van der Waals surface area contributed by atoms with Gasteiger partial charge in [-0.05, 0) is 34.5 Å². The van der Waals surface area contributed by atoms with Crippen LogP contribution in [0.5, 0.6) is 0 Å². The summed E-state index contributed by atoms with van der Waals surface area (Å²) in [6.07, 6.45) is 2.17. The van der Waals surface area contributed by atoms with Crippen LogP contribution in [-0.4, -0.2) is 6.54 Å². The molecule has 0 spiro atoms. The number of halogens is 2. The quantitative estimate of drug-likeness (QED) is 0.796. The lowest BCUT2D eigenvalue weighted by Gasteiger charge is -2.08. The summed E-state index contributed by atoms with van der Waals surface area (Å²) in [6.45, 7) is 2.92. The van der Waals surface area contributed by atoms with E-state index in [1.54, 1.807) is 6.07 Å². The Morgan fingerprint density at radius 2 is 2.23 bits per heavy atom. The highest BCUT2D eigenvalue weighted by atomic mass is 79.9. The van der Waals surface area contributed by atoms with Crippen LogP contribution >= 0.6 is 15.9 Å². The van der Waals surface area contributed by atoms with Crippen LogP contribution in [0, 0.1) is 5.82 Å². The van der Waals surface area contributed by atoms with Gasteiger partial charge in [0.2, 0.25) is 0 Å². The van der Waals surface area contributed by atoms with Crippen LogP contribution in [0.15, 0.2) is 22.7 Å². The van der Waals surface area contributed by atoms with Crippen LogP contribution < -0.4 is 5.32 Å². The smallest absolute Gasteiger partial charge is 0.147 e. The Morgan fingerprint density at radius 1 is 1.46 bits per heavy atom. The van der Waals surface area contributed by atoms with Crippen LogP contribution in [0.3, 0.4) is 0 Å². The van der Waals surface area contributed by atoms with Gasteiger partial charge < -0.3 is 5.32 Å². The molecular weight excluding hydrogens is 233 g/mol. The van der Waals surface area contributed by atoms with Crippen LogP contribution in [0.1, 0.15) is 19.8 Å². The minimum absolute atomic E-state index is 0.203. The van der Waals surface area contributed by atoms with Crippen LogP contribution in [-0.2, 0) is 0 Å². The fraction of sp³-hybridized carbons (Fsp3) is 0.400. The van der Waals surface area contributed by atoms with Gasteiger partial charge >= 0.3 is 0 Å². The largest absolute Gasteiger partial charge is 0.382 e. The fourth-order valence-corrected chi connectivity index (χ4v) is 1.54. The molecule has 0 unspecified atom stereocenters. The molecule has 1 rings (SSSR count). The maximum absolute atomic E-state index is 13.2. The Morgan fingerprint density at radius 3 is 2.85 bits per heavy atom. The van der Waals surface area contributed by atoms with E-state index in [9.17, 15) is 4.39 Å². The van der Waals surface area contributed by atoms with Crippen molar-refractivity contribution >= 4 is 21.6 Å². The van der Waals surface area contributed by atoms with Gasteiger partial charge in [0.1, 0.15) is 5.82 Å². The molecule has 0 aliphatic rings.